The number of benzene rings is 3. The third-order valence-electron chi connectivity index (χ3n) is 3.32. The molecule has 0 amide bonds. The lowest BCUT2D eigenvalue weighted by Crippen LogP contribution is -1.89. The largest absolute Gasteiger partial charge is 0.496 e. The summed E-state index contributed by atoms with van der Waals surface area (Å²) in [5.74, 6) is 0.824. The molecule has 3 rings (SSSR count). The lowest BCUT2D eigenvalue weighted by atomic mass is 10.2. The Balaban J connectivity index is 1.87. The Kier molecular flexibility index (Phi) is 5.12. The molecule has 0 unspecified atom stereocenters. The molecule has 114 valence electrons. The van der Waals surface area contributed by atoms with Crippen LogP contribution in [0.5, 0.6) is 5.75 Å². The maximum Gasteiger partial charge on any atom is 0.127 e. The van der Waals surface area contributed by atoms with Crippen LogP contribution in [0.3, 0.4) is 0 Å². The molecule has 0 aliphatic rings. The summed E-state index contributed by atoms with van der Waals surface area (Å²) in [7, 11) is 1.67. The highest BCUT2D eigenvalue weighted by Crippen LogP contribution is 2.34. The first-order valence-corrected chi connectivity index (χ1v) is 8.17. The molecule has 0 bridgehead atoms. The SMILES string of the molecule is COc1ccccc1C=Nc1ccccc1Sc1ccccc1. The van der Waals surface area contributed by atoms with Gasteiger partial charge in [0.2, 0.25) is 0 Å². The highest BCUT2D eigenvalue weighted by Gasteiger charge is 2.03. The second-order valence-corrected chi connectivity index (χ2v) is 6.00. The van der Waals surface area contributed by atoms with Crippen LogP contribution in [0.25, 0.3) is 0 Å². The molecule has 0 saturated heterocycles. The molecule has 23 heavy (non-hydrogen) atoms. The van der Waals surface area contributed by atoms with E-state index in [-0.39, 0.29) is 0 Å². The minimum Gasteiger partial charge on any atom is -0.496 e. The summed E-state index contributed by atoms with van der Waals surface area (Å²) in [5.41, 5.74) is 1.92. The summed E-state index contributed by atoms with van der Waals surface area (Å²) in [5, 5.41) is 0. The van der Waals surface area contributed by atoms with E-state index in [9.17, 15) is 0 Å². The van der Waals surface area contributed by atoms with Gasteiger partial charge in [-0.3, -0.25) is 4.99 Å². The van der Waals surface area contributed by atoms with Crippen molar-refractivity contribution in [1.82, 2.24) is 0 Å². The summed E-state index contributed by atoms with van der Waals surface area (Å²) in [6, 6.07) is 26.3. The molecule has 2 nitrogen and oxygen atoms in total. The van der Waals surface area contributed by atoms with Crippen LogP contribution in [-0.2, 0) is 0 Å². The number of aliphatic imine (C=N–C) groups is 1. The molecule has 0 N–H and O–H groups in total. The highest BCUT2D eigenvalue weighted by atomic mass is 32.2. The van der Waals surface area contributed by atoms with E-state index in [4.69, 9.17) is 4.74 Å². The van der Waals surface area contributed by atoms with Gasteiger partial charge in [-0.05, 0) is 36.4 Å². The van der Waals surface area contributed by atoms with Gasteiger partial charge in [-0.1, -0.05) is 54.2 Å². The van der Waals surface area contributed by atoms with Gasteiger partial charge in [-0.15, -0.1) is 0 Å². The Labute approximate surface area is 140 Å². The lowest BCUT2D eigenvalue weighted by molar-refractivity contribution is 0.414. The van der Waals surface area contributed by atoms with E-state index in [2.05, 4.69) is 23.2 Å². The Morgan fingerprint density at radius 2 is 1.52 bits per heavy atom. The second kappa shape index (κ2) is 7.65. The molecule has 0 spiro atoms. The van der Waals surface area contributed by atoms with Crippen LogP contribution in [0.1, 0.15) is 5.56 Å². The van der Waals surface area contributed by atoms with Gasteiger partial charge in [0.15, 0.2) is 0 Å². The van der Waals surface area contributed by atoms with Crippen LogP contribution < -0.4 is 4.74 Å². The fourth-order valence-corrected chi connectivity index (χ4v) is 3.10. The molecule has 0 aromatic heterocycles. The Hall–Kier alpha value is -2.52. The van der Waals surface area contributed by atoms with E-state index in [1.807, 2.05) is 66.9 Å². The van der Waals surface area contributed by atoms with Gasteiger partial charge in [0, 0.05) is 21.6 Å². The van der Waals surface area contributed by atoms with Crippen molar-refractivity contribution in [3.05, 3.63) is 84.4 Å². The second-order valence-electron chi connectivity index (χ2n) is 4.88. The van der Waals surface area contributed by atoms with E-state index >= 15 is 0 Å². The smallest absolute Gasteiger partial charge is 0.127 e. The van der Waals surface area contributed by atoms with Gasteiger partial charge >= 0.3 is 0 Å². The van der Waals surface area contributed by atoms with Gasteiger partial charge < -0.3 is 4.74 Å². The first kappa shape index (κ1) is 15.4. The van der Waals surface area contributed by atoms with Crippen molar-refractivity contribution in [2.45, 2.75) is 9.79 Å². The Bertz CT molecular complexity index is 800. The standard InChI is InChI=1S/C20H17NOS/c1-22-19-13-7-5-9-16(19)15-21-18-12-6-8-14-20(18)23-17-10-3-2-4-11-17/h2-15H,1H3. The summed E-state index contributed by atoms with van der Waals surface area (Å²) in [6.07, 6.45) is 1.85. The maximum atomic E-state index is 5.36. The fraction of sp³-hybridized carbons (Fsp3) is 0.0500. The predicted molar refractivity (Wildman–Crippen MR) is 97.3 cm³/mol. The third-order valence-corrected chi connectivity index (χ3v) is 4.39. The van der Waals surface area contributed by atoms with Crippen LogP contribution in [0.15, 0.2) is 93.6 Å². The van der Waals surface area contributed by atoms with Gasteiger partial charge in [0.1, 0.15) is 5.75 Å². The first-order valence-electron chi connectivity index (χ1n) is 7.36. The molecule has 0 fully saturated rings. The third kappa shape index (κ3) is 4.02. The van der Waals surface area contributed by atoms with Crippen molar-refractivity contribution in [2.24, 2.45) is 4.99 Å². The number of nitrogens with zero attached hydrogens (tertiary/aromatic N) is 1. The van der Waals surface area contributed by atoms with Crippen LogP contribution >= 0.6 is 11.8 Å². The van der Waals surface area contributed by atoms with Crippen LogP contribution in [0.2, 0.25) is 0 Å². The van der Waals surface area contributed by atoms with Crippen LogP contribution in [-0.4, -0.2) is 13.3 Å². The quantitative estimate of drug-likeness (QED) is 0.571. The zero-order chi connectivity index (χ0) is 15.9. The van der Waals surface area contributed by atoms with Gasteiger partial charge in [-0.2, -0.15) is 0 Å². The monoisotopic (exact) mass is 319 g/mol. The molecule has 3 aromatic rings. The molecular weight excluding hydrogens is 302 g/mol. The van der Waals surface area contributed by atoms with Gasteiger partial charge in [0.25, 0.3) is 0 Å². The van der Waals surface area contributed by atoms with Crippen molar-refractivity contribution in [3.8, 4) is 5.75 Å². The molecule has 0 saturated carbocycles. The lowest BCUT2D eigenvalue weighted by Gasteiger charge is -2.06. The number of hydrogen-bond donors (Lipinski definition) is 0. The predicted octanol–water partition coefficient (Wildman–Crippen LogP) is 5.60. The van der Waals surface area contributed by atoms with Crippen molar-refractivity contribution >= 4 is 23.7 Å². The van der Waals surface area contributed by atoms with Crippen LogP contribution in [0, 0.1) is 0 Å². The van der Waals surface area contributed by atoms with Crippen molar-refractivity contribution in [1.29, 1.82) is 0 Å². The van der Waals surface area contributed by atoms with Crippen molar-refractivity contribution in [3.63, 3.8) is 0 Å². The Morgan fingerprint density at radius 1 is 0.826 bits per heavy atom. The molecule has 0 aliphatic heterocycles. The van der Waals surface area contributed by atoms with E-state index < -0.39 is 0 Å². The summed E-state index contributed by atoms with van der Waals surface area (Å²) < 4.78 is 5.36. The summed E-state index contributed by atoms with van der Waals surface area (Å²) >= 11 is 1.71. The molecule has 0 heterocycles. The maximum absolute atomic E-state index is 5.36. The van der Waals surface area contributed by atoms with E-state index in [0.29, 0.717) is 0 Å². The average Bonchev–Trinajstić information content (AvgIpc) is 2.62. The molecule has 0 aliphatic carbocycles. The zero-order valence-corrected chi connectivity index (χ0v) is 13.7. The molecule has 3 aromatic carbocycles. The summed E-state index contributed by atoms with van der Waals surface area (Å²) in [4.78, 5) is 6.99. The molecule has 3 heteroatoms. The Morgan fingerprint density at radius 3 is 2.35 bits per heavy atom. The number of ether oxygens (including phenoxy) is 1. The van der Waals surface area contributed by atoms with E-state index in [0.717, 1.165) is 21.9 Å². The minimum atomic E-state index is 0.824. The number of methoxy groups -OCH3 is 1. The highest BCUT2D eigenvalue weighted by molar-refractivity contribution is 7.99. The summed E-state index contributed by atoms with van der Waals surface area (Å²) in [6.45, 7) is 0. The fourth-order valence-electron chi connectivity index (χ4n) is 2.18. The van der Waals surface area contributed by atoms with E-state index in [1.165, 1.54) is 4.90 Å². The number of rotatable bonds is 5. The van der Waals surface area contributed by atoms with Gasteiger partial charge in [0.05, 0.1) is 12.8 Å². The van der Waals surface area contributed by atoms with Crippen LogP contribution in [0.4, 0.5) is 5.69 Å². The number of hydrogen-bond acceptors (Lipinski definition) is 3. The average molecular weight is 319 g/mol. The number of para-hydroxylation sites is 2. The zero-order valence-electron chi connectivity index (χ0n) is 12.8. The molecule has 0 radical (unpaired) electrons. The molecular formula is C20H17NOS. The minimum absolute atomic E-state index is 0.824. The van der Waals surface area contributed by atoms with Crippen molar-refractivity contribution in [2.75, 3.05) is 7.11 Å². The first-order chi connectivity index (χ1) is 11.4. The van der Waals surface area contributed by atoms with Crippen molar-refractivity contribution < 1.29 is 4.74 Å². The topological polar surface area (TPSA) is 21.6 Å². The normalized spacial score (nSPS) is 10.8. The van der Waals surface area contributed by atoms with Gasteiger partial charge in [-0.25, -0.2) is 0 Å². The molecule has 0 atom stereocenters. The van der Waals surface area contributed by atoms with E-state index in [1.54, 1.807) is 18.9 Å².